The van der Waals surface area contributed by atoms with Gasteiger partial charge in [-0.2, -0.15) is 0 Å². The molecule has 1 aromatic heterocycles. The zero-order valence-electron chi connectivity index (χ0n) is 14.1. The number of hydrogen-bond donors (Lipinski definition) is 2. The lowest BCUT2D eigenvalue weighted by Gasteiger charge is -2.39. The number of aromatic amines is 1. The topological polar surface area (TPSA) is 61.0 Å². The van der Waals surface area contributed by atoms with Crippen LogP contribution in [0.25, 0.3) is 10.9 Å². The number of nitrogens with one attached hydrogen (secondary N) is 2. The summed E-state index contributed by atoms with van der Waals surface area (Å²) in [6.07, 6.45) is 5.87. The Kier molecular flexibility index (Phi) is 4.63. The van der Waals surface area contributed by atoms with Crippen molar-refractivity contribution in [3.05, 3.63) is 40.4 Å². The highest BCUT2D eigenvalue weighted by Gasteiger charge is 2.26. The Balaban J connectivity index is 1.39. The average Bonchev–Trinajstić information content (AvgIpc) is 2.63. The summed E-state index contributed by atoms with van der Waals surface area (Å²) in [4.78, 5) is 22.5. The summed E-state index contributed by atoms with van der Waals surface area (Å²) in [6.45, 7) is 4.69. The van der Waals surface area contributed by atoms with Crippen molar-refractivity contribution in [3.8, 4) is 0 Å². The fourth-order valence-corrected chi connectivity index (χ4v) is 4.20. The highest BCUT2D eigenvalue weighted by Crippen LogP contribution is 2.24. The molecule has 5 heteroatoms. The third-order valence-corrected chi connectivity index (χ3v) is 5.62. The van der Waals surface area contributed by atoms with Crippen LogP contribution >= 0.6 is 0 Å². The molecule has 0 radical (unpaired) electrons. The molecule has 2 aliphatic heterocycles. The number of benzene rings is 1. The number of H-pyrrole nitrogens is 1. The van der Waals surface area contributed by atoms with Crippen molar-refractivity contribution in [3.63, 3.8) is 0 Å². The molecule has 5 nitrogen and oxygen atoms in total. The van der Waals surface area contributed by atoms with Crippen molar-refractivity contribution in [2.24, 2.45) is 5.92 Å². The van der Waals surface area contributed by atoms with Crippen LogP contribution in [0.3, 0.4) is 0 Å². The van der Waals surface area contributed by atoms with Gasteiger partial charge in [0.05, 0.1) is 10.9 Å². The summed E-state index contributed by atoms with van der Waals surface area (Å²) in [5, 5.41) is 4.13. The smallest absolute Gasteiger partial charge is 0.258 e. The number of para-hydroxylation sites is 1. The maximum atomic E-state index is 12.2. The van der Waals surface area contributed by atoms with Gasteiger partial charge in [-0.15, -0.1) is 0 Å². The molecule has 0 amide bonds. The minimum absolute atomic E-state index is 0.0114. The van der Waals surface area contributed by atoms with Gasteiger partial charge in [0, 0.05) is 12.5 Å². The van der Waals surface area contributed by atoms with Gasteiger partial charge < -0.3 is 15.2 Å². The molecule has 0 saturated carbocycles. The Hall–Kier alpha value is -1.72. The summed E-state index contributed by atoms with van der Waals surface area (Å²) in [5.74, 6) is 1.48. The second-order valence-electron chi connectivity index (χ2n) is 7.19. The molecule has 2 saturated heterocycles. The first-order valence-corrected chi connectivity index (χ1v) is 9.22. The van der Waals surface area contributed by atoms with Crippen molar-refractivity contribution < 1.29 is 0 Å². The van der Waals surface area contributed by atoms with Gasteiger partial charge in [-0.3, -0.25) is 4.79 Å². The normalized spacial score (nSPS) is 21.3. The van der Waals surface area contributed by atoms with Crippen molar-refractivity contribution in [1.29, 1.82) is 0 Å². The lowest BCUT2D eigenvalue weighted by Crippen LogP contribution is -2.46. The minimum Gasteiger partial charge on any atom is -0.317 e. The van der Waals surface area contributed by atoms with Crippen molar-refractivity contribution in [2.45, 2.75) is 38.1 Å². The van der Waals surface area contributed by atoms with E-state index in [1.165, 1.54) is 38.8 Å². The third-order valence-electron chi connectivity index (χ3n) is 5.62. The van der Waals surface area contributed by atoms with E-state index in [-0.39, 0.29) is 5.56 Å². The zero-order chi connectivity index (χ0) is 16.4. The summed E-state index contributed by atoms with van der Waals surface area (Å²) < 4.78 is 0. The van der Waals surface area contributed by atoms with Gasteiger partial charge >= 0.3 is 0 Å². The van der Waals surface area contributed by atoms with Crippen LogP contribution in [0.2, 0.25) is 0 Å². The van der Waals surface area contributed by atoms with Gasteiger partial charge in [0.1, 0.15) is 5.82 Å². The first kappa shape index (κ1) is 15.8. The number of aromatic nitrogens is 2. The zero-order valence-corrected chi connectivity index (χ0v) is 14.1. The van der Waals surface area contributed by atoms with Gasteiger partial charge in [-0.1, -0.05) is 12.1 Å². The second-order valence-corrected chi connectivity index (χ2v) is 7.19. The first-order chi connectivity index (χ1) is 11.8. The van der Waals surface area contributed by atoms with Crippen LogP contribution in [-0.4, -0.2) is 47.1 Å². The monoisotopic (exact) mass is 326 g/mol. The molecule has 24 heavy (non-hydrogen) atoms. The van der Waals surface area contributed by atoms with Crippen LogP contribution in [0, 0.1) is 5.92 Å². The number of fused-ring (bicyclic) bond motifs is 1. The van der Waals surface area contributed by atoms with Crippen molar-refractivity contribution in [1.82, 2.24) is 20.2 Å². The molecule has 0 aliphatic carbocycles. The van der Waals surface area contributed by atoms with E-state index in [1.807, 2.05) is 24.3 Å². The molecule has 1 aromatic carbocycles. The molecule has 2 aromatic rings. The van der Waals surface area contributed by atoms with Gasteiger partial charge in [0.2, 0.25) is 0 Å². The standard InChI is InChI=1S/C19H26N4O/c24-19-16-3-1-2-4-17(16)21-18(22-19)13-14-7-11-23(12-8-14)15-5-9-20-10-6-15/h1-4,14-15,20H,5-13H2,(H,21,22,24). The second kappa shape index (κ2) is 7.03. The Morgan fingerprint density at radius 1 is 1.08 bits per heavy atom. The molecule has 0 unspecified atom stereocenters. The Morgan fingerprint density at radius 2 is 1.83 bits per heavy atom. The predicted molar refractivity (Wildman–Crippen MR) is 96.3 cm³/mol. The van der Waals surface area contributed by atoms with E-state index in [4.69, 9.17) is 0 Å². The number of nitrogens with zero attached hydrogens (tertiary/aromatic N) is 2. The molecule has 0 spiro atoms. The average molecular weight is 326 g/mol. The van der Waals surface area contributed by atoms with E-state index in [1.54, 1.807) is 0 Å². The van der Waals surface area contributed by atoms with Crippen LogP contribution in [0.15, 0.2) is 29.1 Å². The van der Waals surface area contributed by atoms with Crippen LogP contribution < -0.4 is 10.9 Å². The van der Waals surface area contributed by atoms with Crippen LogP contribution in [-0.2, 0) is 6.42 Å². The van der Waals surface area contributed by atoms with Crippen LogP contribution in [0.5, 0.6) is 0 Å². The van der Waals surface area contributed by atoms with E-state index in [0.29, 0.717) is 11.3 Å². The Bertz CT molecular complexity index is 742. The van der Waals surface area contributed by atoms with E-state index in [2.05, 4.69) is 20.2 Å². The summed E-state index contributed by atoms with van der Waals surface area (Å²) in [5.41, 5.74) is 0.797. The van der Waals surface area contributed by atoms with Gasteiger partial charge in [-0.25, -0.2) is 4.98 Å². The SMILES string of the molecule is O=c1[nH]c(CC2CCN(C3CCNCC3)CC2)nc2ccccc12. The molecule has 0 bridgehead atoms. The Morgan fingerprint density at radius 3 is 2.62 bits per heavy atom. The third kappa shape index (κ3) is 3.37. The lowest BCUT2D eigenvalue weighted by atomic mass is 9.91. The maximum absolute atomic E-state index is 12.2. The molecular formula is C19H26N4O. The number of hydrogen-bond acceptors (Lipinski definition) is 4. The summed E-state index contributed by atoms with van der Waals surface area (Å²) in [6, 6.07) is 8.35. The van der Waals surface area contributed by atoms with Gasteiger partial charge in [0.25, 0.3) is 5.56 Å². The van der Waals surface area contributed by atoms with E-state index in [0.717, 1.165) is 36.9 Å². The van der Waals surface area contributed by atoms with E-state index in [9.17, 15) is 4.79 Å². The lowest BCUT2D eigenvalue weighted by molar-refractivity contribution is 0.110. The Labute approximate surface area is 142 Å². The quantitative estimate of drug-likeness (QED) is 0.905. The number of rotatable bonds is 3. The molecule has 4 rings (SSSR count). The molecule has 0 atom stereocenters. The van der Waals surface area contributed by atoms with Crippen LogP contribution in [0.1, 0.15) is 31.5 Å². The van der Waals surface area contributed by atoms with Gasteiger partial charge in [-0.05, 0) is 69.9 Å². The number of likely N-dealkylation sites (tertiary alicyclic amines) is 1. The highest BCUT2D eigenvalue weighted by atomic mass is 16.1. The minimum atomic E-state index is -0.0114. The van der Waals surface area contributed by atoms with E-state index < -0.39 is 0 Å². The van der Waals surface area contributed by atoms with Crippen molar-refractivity contribution >= 4 is 10.9 Å². The summed E-state index contributed by atoms with van der Waals surface area (Å²) >= 11 is 0. The first-order valence-electron chi connectivity index (χ1n) is 9.22. The molecule has 128 valence electrons. The molecule has 2 aliphatic rings. The summed E-state index contributed by atoms with van der Waals surface area (Å²) in [7, 11) is 0. The number of piperidine rings is 2. The molecule has 2 N–H and O–H groups in total. The molecular weight excluding hydrogens is 300 g/mol. The maximum Gasteiger partial charge on any atom is 0.258 e. The fraction of sp³-hybridized carbons (Fsp3) is 0.579. The molecule has 3 heterocycles. The highest BCUT2D eigenvalue weighted by molar-refractivity contribution is 5.77. The van der Waals surface area contributed by atoms with Crippen LogP contribution in [0.4, 0.5) is 0 Å². The van der Waals surface area contributed by atoms with Crippen molar-refractivity contribution in [2.75, 3.05) is 26.2 Å². The largest absolute Gasteiger partial charge is 0.317 e. The molecule has 2 fully saturated rings. The van der Waals surface area contributed by atoms with Gasteiger partial charge in [0.15, 0.2) is 0 Å². The fourth-order valence-electron chi connectivity index (χ4n) is 4.20. The van der Waals surface area contributed by atoms with E-state index >= 15 is 0 Å². The predicted octanol–water partition coefficient (Wildman–Crippen LogP) is 1.93.